The Balaban J connectivity index is 4.41. The van der Waals surface area contributed by atoms with E-state index in [1.165, 1.54) is 0 Å². The first-order valence-electron chi connectivity index (χ1n) is 6.21. The summed E-state index contributed by atoms with van der Waals surface area (Å²) >= 11 is 0. The molecule has 0 aliphatic heterocycles. The maximum absolute atomic E-state index is 9.97. The van der Waals surface area contributed by atoms with Gasteiger partial charge in [0.05, 0.1) is 0 Å². The second-order valence-corrected chi connectivity index (χ2v) is 4.24. The van der Waals surface area contributed by atoms with Gasteiger partial charge < -0.3 is 10.2 Å². The molecule has 0 saturated heterocycles. The predicted octanol–water partition coefficient (Wildman–Crippen LogP) is 2.32. The molecule has 3 atom stereocenters. The molecule has 92 valence electrons. The van der Waals surface area contributed by atoms with Gasteiger partial charge in [0.25, 0.3) is 0 Å². The molecule has 0 rings (SSSR count). The highest BCUT2D eigenvalue weighted by molar-refractivity contribution is 4.71. The molecule has 0 heterocycles. The molecular weight excluding hydrogens is 190 g/mol. The molecule has 0 spiro atoms. The summed E-state index contributed by atoms with van der Waals surface area (Å²) < 4.78 is 0. The summed E-state index contributed by atoms with van der Waals surface area (Å²) in [4.78, 5) is 1.84. The van der Waals surface area contributed by atoms with Gasteiger partial charge in [-0.15, -0.1) is 0 Å². The molecule has 0 aromatic heterocycles. The summed E-state index contributed by atoms with van der Waals surface area (Å²) in [5, 5.41) is 19.9. The van der Waals surface area contributed by atoms with Crippen molar-refractivity contribution in [1.29, 1.82) is 0 Å². The number of aliphatic hydroxyl groups excluding tert-OH is 2. The van der Waals surface area contributed by atoms with Crippen LogP contribution in [0.25, 0.3) is 0 Å². The molecule has 15 heavy (non-hydrogen) atoms. The van der Waals surface area contributed by atoms with E-state index in [4.69, 9.17) is 0 Å². The zero-order valence-corrected chi connectivity index (χ0v) is 10.6. The fourth-order valence-corrected chi connectivity index (χ4v) is 1.81. The van der Waals surface area contributed by atoms with Crippen LogP contribution in [0.2, 0.25) is 0 Å². The van der Waals surface area contributed by atoms with Crippen molar-refractivity contribution in [3.63, 3.8) is 0 Å². The Morgan fingerprint density at radius 3 is 1.60 bits per heavy atom. The normalized spacial score (nSPS) is 17.8. The van der Waals surface area contributed by atoms with Crippen LogP contribution in [0, 0.1) is 0 Å². The van der Waals surface area contributed by atoms with E-state index in [9.17, 15) is 10.2 Å². The number of rotatable bonds is 8. The van der Waals surface area contributed by atoms with Gasteiger partial charge in [-0.05, 0) is 26.2 Å². The van der Waals surface area contributed by atoms with Crippen LogP contribution in [-0.4, -0.2) is 33.6 Å². The lowest BCUT2D eigenvalue weighted by Crippen LogP contribution is -2.48. The molecule has 0 amide bonds. The summed E-state index contributed by atoms with van der Waals surface area (Å²) in [6, 6.07) is 0.230. The molecule has 0 bridgehead atoms. The largest absolute Gasteiger partial charge is 0.378 e. The number of hydrogen-bond acceptors (Lipinski definition) is 3. The van der Waals surface area contributed by atoms with Crippen LogP contribution < -0.4 is 0 Å². The molecular formula is C12H27NO2. The molecule has 3 heteroatoms. The van der Waals surface area contributed by atoms with Crippen LogP contribution in [0.1, 0.15) is 59.8 Å². The summed E-state index contributed by atoms with van der Waals surface area (Å²) in [5.74, 6) is 0. The molecule has 2 N–H and O–H groups in total. The molecule has 0 fully saturated rings. The quantitative estimate of drug-likeness (QED) is 0.613. The third-order valence-electron chi connectivity index (χ3n) is 2.88. The molecule has 0 aliphatic carbocycles. The monoisotopic (exact) mass is 217 g/mol. The third kappa shape index (κ3) is 4.96. The van der Waals surface area contributed by atoms with E-state index in [1.807, 2.05) is 18.7 Å². The van der Waals surface area contributed by atoms with Gasteiger partial charge in [0.2, 0.25) is 0 Å². The van der Waals surface area contributed by atoms with Gasteiger partial charge in [0, 0.05) is 6.04 Å². The van der Waals surface area contributed by atoms with Crippen molar-refractivity contribution in [2.24, 2.45) is 0 Å². The highest BCUT2D eigenvalue weighted by Gasteiger charge is 2.25. The van der Waals surface area contributed by atoms with E-state index in [-0.39, 0.29) is 6.04 Å². The summed E-state index contributed by atoms with van der Waals surface area (Å²) in [5.41, 5.74) is 0. The van der Waals surface area contributed by atoms with E-state index in [0.29, 0.717) is 0 Å². The minimum Gasteiger partial charge on any atom is -0.378 e. The maximum atomic E-state index is 9.97. The standard InChI is InChI=1S/C12H27NO2/c1-5-8-11(14)13(10(4)7-3)12(15)9-6-2/h10-12,14-15H,5-9H2,1-4H3. The van der Waals surface area contributed by atoms with Gasteiger partial charge in [-0.3, -0.25) is 4.90 Å². The maximum Gasteiger partial charge on any atom is 0.109 e. The fraction of sp³-hybridized carbons (Fsp3) is 1.00. The van der Waals surface area contributed by atoms with Crippen LogP contribution in [-0.2, 0) is 0 Å². The van der Waals surface area contributed by atoms with E-state index in [2.05, 4.69) is 13.8 Å². The van der Waals surface area contributed by atoms with Gasteiger partial charge in [-0.25, -0.2) is 0 Å². The lowest BCUT2D eigenvalue weighted by Gasteiger charge is -2.36. The van der Waals surface area contributed by atoms with Crippen molar-refractivity contribution in [3.05, 3.63) is 0 Å². The topological polar surface area (TPSA) is 43.7 Å². The van der Waals surface area contributed by atoms with Crippen LogP contribution in [0.5, 0.6) is 0 Å². The Hall–Kier alpha value is -0.120. The molecule has 0 aliphatic rings. The second kappa shape index (κ2) is 8.08. The van der Waals surface area contributed by atoms with E-state index >= 15 is 0 Å². The van der Waals surface area contributed by atoms with Crippen molar-refractivity contribution >= 4 is 0 Å². The van der Waals surface area contributed by atoms with Crippen LogP contribution >= 0.6 is 0 Å². The zero-order valence-electron chi connectivity index (χ0n) is 10.6. The lowest BCUT2D eigenvalue weighted by atomic mass is 10.1. The smallest absolute Gasteiger partial charge is 0.109 e. The van der Waals surface area contributed by atoms with Crippen molar-refractivity contribution in [2.45, 2.75) is 78.3 Å². The average Bonchev–Trinajstić information content (AvgIpc) is 2.18. The number of nitrogens with zero attached hydrogens (tertiary/aromatic N) is 1. The highest BCUT2D eigenvalue weighted by Crippen LogP contribution is 2.17. The molecule has 0 aromatic carbocycles. The Bertz CT molecular complexity index is 141. The van der Waals surface area contributed by atoms with Crippen LogP contribution in [0.15, 0.2) is 0 Å². The Labute approximate surface area is 94.1 Å². The Kier molecular flexibility index (Phi) is 8.02. The van der Waals surface area contributed by atoms with E-state index < -0.39 is 12.5 Å². The second-order valence-electron chi connectivity index (χ2n) is 4.24. The van der Waals surface area contributed by atoms with Gasteiger partial charge in [0.1, 0.15) is 12.5 Å². The van der Waals surface area contributed by atoms with Gasteiger partial charge in [0.15, 0.2) is 0 Å². The van der Waals surface area contributed by atoms with Crippen molar-refractivity contribution in [3.8, 4) is 0 Å². The third-order valence-corrected chi connectivity index (χ3v) is 2.88. The highest BCUT2D eigenvalue weighted by atomic mass is 16.3. The summed E-state index contributed by atoms with van der Waals surface area (Å²) in [6.07, 6.45) is 3.26. The first-order chi connectivity index (χ1) is 7.08. The molecule has 0 saturated carbocycles. The summed E-state index contributed by atoms with van der Waals surface area (Å²) in [6.45, 7) is 8.22. The number of aliphatic hydroxyl groups is 2. The first-order valence-corrected chi connectivity index (χ1v) is 6.21. The predicted molar refractivity (Wildman–Crippen MR) is 63.4 cm³/mol. The molecule has 3 unspecified atom stereocenters. The van der Waals surface area contributed by atoms with E-state index in [1.54, 1.807) is 0 Å². The van der Waals surface area contributed by atoms with Gasteiger partial charge in [-0.2, -0.15) is 0 Å². The van der Waals surface area contributed by atoms with Crippen molar-refractivity contribution in [1.82, 2.24) is 4.90 Å². The fourth-order valence-electron chi connectivity index (χ4n) is 1.81. The minimum atomic E-state index is -0.508. The first kappa shape index (κ1) is 14.9. The molecule has 0 aromatic rings. The minimum absolute atomic E-state index is 0.230. The Morgan fingerprint density at radius 1 is 0.933 bits per heavy atom. The zero-order chi connectivity index (χ0) is 11.8. The van der Waals surface area contributed by atoms with E-state index in [0.717, 1.165) is 32.1 Å². The molecule has 3 nitrogen and oxygen atoms in total. The molecule has 0 radical (unpaired) electrons. The van der Waals surface area contributed by atoms with Gasteiger partial charge in [-0.1, -0.05) is 33.6 Å². The number of hydrogen-bond donors (Lipinski definition) is 2. The Morgan fingerprint density at radius 2 is 1.33 bits per heavy atom. The van der Waals surface area contributed by atoms with Crippen LogP contribution in [0.4, 0.5) is 0 Å². The summed E-state index contributed by atoms with van der Waals surface area (Å²) in [7, 11) is 0. The average molecular weight is 217 g/mol. The van der Waals surface area contributed by atoms with Crippen molar-refractivity contribution in [2.75, 3.05) is 0 Å². The van der Waals surface area contributed by atoms with Gasteiger partial charge >= 0.3 is 0 Å². The van der Waals surface area contributed by atoms with Crippen LogP contribution in [0.3, 0.4) is 0 Å². The van der Waals surface area contributed by atoms with Crippen molar-refractivity contribution < 1.29 is 10.2 Å². The SMILES string of the molecule is CCCC(O)N(C(C)CC)C(O)CCC. The lowest BCUT2D eigenvalue weighted by molar-refractivity contribution is -0.128.